The Morgan fingerprint density at radius 2 is 2.00 bits per heavy atom. The van der Waals surface area contributed by atoms with Gasteiger partial charge in [-0.3, -0.25) is 4.98 Å². The summed E-state index contributed by atoms with van der Waals surface area (Å²) in [5.41, 5.74) is 2.45. The van der Waals surface area contributed by atoms with Gasteiger partial charge in [-0.2, -0.15) is 0 Å². The van der Waals surface area contributed by atoms with Crippen molar-refractivity contribution in [3.63, 3.8) is 0 Å². The fraction of sp³-hybridized carbons (Fsp3) is 0.357. The second-order valence-electron chi connectivity index (χ2n) is 4.23. The van der Waals surface area contributed by atoms with Crippen LogP contribution in [0.25, 0.3) is 10.9 Å². The van der Waals surface area contributed by atoms with Gasteiger partial charge in [0.1, 0.15) is 0 Å². The summed E-state index contributed by atoms with van der Waals surface area (Å²) < 4.78 is 0. The molecule has 0 aliphatic heterocycles. The molecule has 0 radical (unpaired) electrons. The summed E-state index contributed by atoms with van der Waals surface area (Å²) in [5, 5.41) is 1.27. The minimum Gasteiger partial charge on any atom is -0.302 e. The molecule has 0 atom stereocenters. The Bertz CT molecular complexity index is 460. The van der Waals surface area contributed by atoms with Crippen LogP contribution < -0.4 is 0 Å². The van der Waals surface area contributed by atoms with Crippen LogP contribution in [-0.4, -0.2) is 23.5 Å². The van der Waals surface area contributed by atoms with Crippen molar-refractivity contribution in [3.8, 4) is 0 Å². The molecular formula is C14H18N2. The molecular weight excluding hydrogens is 196 g/mol. The maximum atomic E-state index is 4.38. The third-order valence-corrected chi connectivity index (χ3v) is 2.78. The first-order valence-corrected chi connectivity index (χ1v) is 5.82. The lowest BCUT2D eigenvalue weighted by molar-refractivity contribution is 0.328. The zero-order valence-corrected chi connectivity index (χ0v) is 9.98. The Kier molecular flexibility index (Phi) is 3.52. The molecule has 0 aliphatic rings. The SMILES string of the molecule is CCCN(C)Cc1ccnc2ccccc12. The van der Waals surface area contributed by atoms with Gasteiger partial charge in [0.25, 0.3) is 0 Å². The van der Waals surface area contributed by atoms with Crippen LogP contribution in [0.15, 0.2) is 36.5 Å². The van der Waals surface area contributed by atoms with Crippen molar-refractivity contribution >= 4 is 10.9 Å². The molecule has 1 heterocycles. The fourth-order valence-corrected chi connectivity index (χ4v) is 2.04. The van der Waals surface area contributed by atoms with Crippen molar-refractivity contribution in [1.82, 2.24) is 9.88 Å². The smallest absolute Gasteiger partial charge is 0.0705 e. The maximum absolute atomic E-state index is 4.38. The number of aromatic nitrogens is 1. The van der Waals surface area contributed by atoms with Gasteiger partial charge in [0.05, 0.1) is 5.52 Å². The zero-order chi connectivity index (χ0) is 11.4. The molecule has 0 spiro atoms. The van der Waals surface area contributed by atoms with Crippen molar-refractivity contribution < 1.29 is 0 Å². The molecule has 2 rings (SSSR count). The lowest BCUT2D eigenvalue weighted by Gasteiger charge is -2.16. The summed E-state index contributed by atoms with van der Waals surface area (Å²) in [6.07, 6.45) is 3.09. The summed E-state index contributed by atoms with van der Waals surface area (Å²) in [6, 6.07) is 10.5. The summed E-state index contributed by atoms with van der Waals surface area (Å²) in [7, 11) is 2.17. The molecule has 84 valence electrons. The third-order valence-electron chi connectivity index (χ3n) is 2.78. The number of rotatable bonds is 4. The Labute approximate surface area is 96.9 Å². The van der Waals surface area contributed by atoms with E-state index in [9.17, 15) is 0 Å². The van der Waals surface area contributed by atoms with Gasteiger partial charge in [0.15, 0.2) is 0 Å². The lowest BCUT2D eigenvalue weighted by atomic mass is 10.1. The highest BCUT2D eigenvalue weighted by Crippen LogP contribution is 2.17. The molecule has 2 aromatic rings. The molecule has 0 bridgehead atoms. The topological polar surface area (TPSA) is 16.1 Å². The molecule has 1 aromatic carbocycles. The van der Waals surface area contributed by atoms with Gasteiger partial charge in [-0.25, -0.2) is 0 Å². The van der Waals surface area contributed by atoms with Gasteiger partial charge in [0, 0.05) is 18.1 Å². The van der Waals surface area contributed by atoms with E-state index in [1.807, 2.05) is 12.3 Å². The highest BCUT2D eigenvalue weighted by atomic mass is 15.1. The van der Waals surface area contributed by atoms with Crippen LogP contribution in [0, 0.1) is 0 Å². The second kappa shape index (κ2) is 5.08. The van der Waals surface area contributed by atoms with Gasteiger partial charge >= 0.3 is 0 Å². The largest absolute Gasteiger partial charge is 0.302 e. The first kappa shape index (κ1) is 11.1. The first-order chi connectivity index (χ1) is 7.81. The number of benzene rings is 1. The average Bonchev–Trinajstić information content (AvgIpc) is 2.30. The van der Waals surface area contributed by atoms with Crippen LogP contribution in [0.3, 0.4) is 0 Å². The fourth-order valence-electron chi connectivity index (χ4n) is 2.04. The maximum Gasteiger partial charge on any atom is 0.0705 e. The van der Waals surface area contributed by atoms with Gasteiger partial charge in [0.2, 0.25) is 0 Å². The zero-order valence-electron chi connectivity index (χ0n) is 9.98. The van der Waals surface area contributed by atoms with Crippen molar-refractivity contribution in [2.24, 2.45) is 0 Å². The molecule has 0 saturated heterocycles. The quantitative estimate of drug-likeness (QED) is 0.777. The monoisotopic (exact) mass is 214 g/mol. The van der Waals surface area contributed by atoms with E-state index in [2.05, 4.69) is 48.1 Å². The minimum absolute atomic E-state index is 0.997. The second-order valence-corrected chi connectivity index (χ2v) is 4.23. The summed E-state index contributed by atoms with van der Waals surface area (Å²) in [4.78, 5) is 6.73. The Balaban J connectivity index is 2.30. The molecule has 0 aliphatic carbocycles. The average molecular weight is 214 g/mol. The first-order valence-electron chi connectivity index (χ1n) is 5.82. The summed E-state index contributed by atoms with van der Waals surface area (Å²) >= 11 is 0. The highest BCUT2D eigenvalue weighted by Gasteiger charge is 2.03. The van der Waals surface area contributed by atoms with E-state index in [1.165, 1.54) is 17.4 Å². The van der Waals surface area contributed by atoms with E-state index in [0.717, 1.165) is 18.6 Å². The van der Waals surface area contributed by atoms with Crippen molar-refractivity contribution in [2.45, 2.75) is 19.9 Å². The highest BCUT2D eigenvalue weighted by molar-refractivity contribution is 5.81. The molecule has 0 fully saturated rings. The normalized spacial score (nSPS) is 11.2. The lowest BCUT2D eigenvalue weighted by Crippen LogP contribution is -2.18. The van der Waals surface area contributed by atoms with Gasteiger partial charge in [-0.15, -0.1) is 0 Å². The molecule has 0 N–H and O–H groups in total. The minimum atomic E-state index is 0.997. The predicted octanol–water partition coefficient (Wildman–Crippen LogP) is 3.08. The van der Waals surface area contributed by atoms with Crippen molar-refractivity contribution in [1.29, 1.82) is 0 Å². The Morgan fingerprint density at radius 3 is 2.81 bits per heavy atom. The molecule has 2 heteroatoms. The Morgan fingerprint density at radius 1 is 1.19 bits per heavy atom. The van der Waals surface area contributed by atoms with E-state index in [0.29, 0.717) is 0 Å². The molecule has 0 amide bonds. The third kappa shape index (κ3) is 2.39. The van der Waals surface area contributed by atoms with Crippen LogP contribution in [0.5, 0.6) is 0 Å². The van der Waals surface area contributed by atoms with Crippen LogP contribution in [0.1, 0.15) is 18.9 Å². The summed E-state index contributed by atoms with van der Waals surface area (Å²) in [5.74, 6) is 0. The van der Waals surface area contributed by atoms with Gasteiger partial charge in [-0.05, 0) is 37.7 Å². The van der Waals surface area contributed by atoms with Crippen molar-refractivity contribution in [3.05, 3.63) is 42.1 Å². The van der Waals surface area contributed by atoms with E-state index in [-0.39, 0.29) is 0 Å². The van der Waals surface area contributed by atoms with E-state index in [1.54, 1.807) is 0 Å². The van der Waals surface area contributed by atoms with Crippen LogP contribution >= 0.6 is 0 Å². The van der Waals surface area contributed by atoms with Gasteiger partial charge < -0.3 is 4.90 Å². The molecule has 1 aromatic heterocycles. The van der Waals surface area contributed by atoms with E-state index >= 15 is 0 Å². The number of hydrogen-bond acceptors (Lipinski definition) is 2. The predicted molar refractivity (Wildman–Crippen MR) is 68.4 cm³/mol. The van der Waals surface area contributed by atoms with Crippen molar-refractivity contribution in [2.75, 3.05) is 13.6 Å². The number of hydrogen-bond donors (Lipinski definition) is 0. The standard InChI is InChI=1S/C14H18N2/c1-3-10-16(2)11-12-8-9-15-14-7-5-4-6-13(12)14/h4-9H,3,10-11H2,1-2H3. The molecule has 2 nitrogen and oxygen atoms in total. The van der Waals surface area contributed by atoms with E-state index in [4.69, 9.17) is 0 Å². The van der Waals surface area contributed by atoms with Crippen LogP contribution in [0.2, 0.25) is 0 Å². The number of para-hydroxylation sites is 1. The molecule has 0 saturated carbocycles. The number of nitrogens with zero attached hydrogens (tertiary/aromatic N) is 2. The number of fused-ring (bicyclic) bond motifs is 1. The van der Waals surface area contributed by atoms with Gasteiger partial charge in [-0.1, -0.05) is 25.1 Å². The Hall–Kier alpha value is -1.41. The van der Waals surface area contributed by atoms with Crippen LogP contribution in [0.4, 0.5) is 0 Å². The molecule has 16 heavy (non-hydrogen) atoms. The molecule has 0 unspecified atom stereocenters. The summed E-state index contributed by atoms with van der Waals surface area (Å²) in [6.45, 7) is 4.34. The number of pyridine rings is 1. The van der Waals surface area contributed by atoms with E-state index < -0.39 is 0 Å². The van der Waals surface area contributed by atoms with Crippen LogP contribution in [-0.2, 0) is 6.54 Å².